The van der Waals surface area contributed by atoms with Crippen LogP contribution < -0.4 is 10.3 Å². The van der Waals surface area contributed by atoms with Crippen molar-refractivity contribution in [3.63, 3.8) is 0 Å². The summed E-state index contributed by atoms with van der Waals surface area (Å²) in [7, 11) is 1.62. The van der Waals surface area contributed by atoms with E-state index in [1.54, 1.807) is 13.2 Å². The van der Waals surface area contributed by atoms with E-state index in [9.17, 15) is 9.59 Å². The molecule has 1 saturated heterocycles. The lowest BCUT2D eigenvalue weighted by molar-refractivity contribution is 0.0594. The van der Waals surface area contributed by atoms with Crippen molar-refractivity contribution < 1.29 is 9.53 Å². The number of ether oxygens (including phenoxy) is 1. The number of carbonyl (C=O) groups is 1. The smallest absolute Gasteiger partial charge is 0.253 e. The Morgan fingerprint density at radius 3 is 2.59 bits per heavy atom. The summed E-state index contributed by atoms with van der Waals surface area (Å²) in [6, 6.07) is 10.8. The largest absolute Gasteiger partial charge is 0.497 e. The van der Waals surface area contributed by atoms with Crippen molar-refractivity contribution in [1.82, 2.24) is 9.47 Å². The maximum absolute atomic E-state index is 13.0. The average molecular weight is 364 g/mol. The van der Waals surface area contributed by atoms with Crippen LogP contribution in [0.5, 0.6) is 5.75 Å². The Labute approximate surface area is 158 Å². The normalized spacial score (nSPS) is 21.2. The first-order valence-electron chi connectivity index (χ1n) is 9.40. The first-order chi connectivity index (χ1) is 13.1. The van der Waals surface area contributed by atoms with E-state index in [4.69, 9.17) is 4.74 Å². The van der Waals surface area contributed by atoms with Gasteiger partial charge in [-0.3, -0.25) is 9.59 Å². The van der Waals surface area contributed by atoms with Gasteiger partial charge in [0.2, 0.25) is 0 Å². The summed E-state index contributed by atoms with van der Waals surface area (Å²) in [4.78, 5) is 27.4. The van der Waals surface area contributed by atoms with Crippen LogP contribution in [0.2, 0.25) is 0 Å². The van der Waals surface area contributed by atoms with Crippen molar-refractivity contribution in [3.05, 3.63) is 69.6 Å². The number of piperidine rings is 1. The van der Waals surface area contributed by atoms with Crippen molar-refractivity contribution in [2.75, 3.05) is 20.2 Å². The van der Waals surface area contributed by atoms with Gasteiger partial charge < -0.3 is 14.2 Å². The summed E-state index contributed by atoms with van der Waals surface area (Å²) in [6.07, 6.45) is 5.08. The number of carbonyl (C=O) groups excluding carboxylic acids is 1. The quantitative estimate of drug-likeness (QED) is 0.841. The van der Waals surface area contributed by atoms with Crippen molar-refractivity contribution >= 4 is 12.0 Å². The Kier molecular flexibility index (Phi) is 4.60. The number of hydrogen-bond acceptors (Lipinski definition) is 3. The van der Waals surface area contributed by atoms with Crippen LogP contribution in [0.15, 0.2) is 47.3 Å². The highest BCUT2D eigenvalue weighted by molar-refractivity contribution is 5.94. The van der Waals surface area contributed by atoms with Gasteiger partial charge in [0.15, 0.2) is 0 Å². The third-order valence-corrected chi connectivity index (χ3v) is 5.59. The topological polar surface area (TPSA) is 51.5 Å². The number of fused-ring (bicyclic) bond motifs is 4. The lowest BCUT2D eigenvalue weighted by Crippen LogP contribution is -2.49. The molecule has 5 heteroatoms. The minimum atomic E-state index is 0.0478. The van der Waals surface area contributed by atoms with Crippen LogP contribution in [0.1, 0.15) is 40.9 Å². The zero-order chi connectivity index (χ0) is 19.0. The van der Waals surface area contributed by atoms with Crippen LogP contribution in [-0.2, 0) is 6.54 Å². The van der Waals surface area contributed by atoms with Crippen LogP contribution in [0.4, 0.5) is 0 Å². The van der Waals surface area contributed by atoms with Gasteiger partial charge in [-0.1, -0.05) is 12.2 Å². The molecule has 0 unspecified atom stereocenters. The van der Waals surface area contributed by atoms with Crippen LogP contribution in [-0.4, -0.2) is 35.6 Å². The molecule has 0 spiro atoms. The molecule has 140 valence electrons. The molecule has 4 rings (SSSR count). The Morgan fingerprint density at radius 1 is 1.11 bits per heavy atom. The van der Waals surface area contributed by atoms with Crippen molar-refractivity contribution in [2.45, 2.75) is 25.8 Å². The van der Waals surface area contributed by atoms with Crippen LogP contribution in [0.25, 0.3) is 6.08 Å². The number of nitrogens with zero attached hydrogens (tertiary/aromatic N) is 2. The summed E-state index contributed by atoms with van der Waals surface area (Å²) >= 11 is 0. The number of pyridine rings is 1. The first kappa shape index (κ1) is 17.6. The Balaban J connectivity index is 1.65. The van der Waals surface area contributed by atoms with Gasteiger partial charge in [-0.2, -0.15) is 0 Å². The van der Waals surface area contributed by atoms with Gasteiger partial charge in [0.1, 0.15) is 5.75 Å². The minimum Gasteiger partial charge on any atom is -0.497 e. The van der Waals surface area contributed by atoms with E-state index in [0.717, 1.165) is 23.4 Å². The number of likely N-dealkylation sites (tertiary alicyclic amines) is 1. The maximum atomic E-state index is 13.0. The van der Waals surface area contributed by atoms with Crippen LogP contribution >= 0.6 is 0 Å². The predicted octanol–water partition coefficient (Wildman–Crippen LogP) is 3.15. The lowest BCUT2D eigenvalue weighted by Gasteiger charge is -2.43. The number of aromatic nitrogens is 1. The zero-order valence-corrected chi connectivity index (χ0v) is 15.7. The molecule has 27 heavy (non-hydrogen) atoms. The van der Waals surface area contributed by atoms with E-state index >= 15 is 0 Å². The van der Waals surface area contributed by atoms with Gasteiger partial charge in [-0.25, -0.2) is 0 Å². The molecule has 3 heterocycles. The number of allylic oxidation sites excluding steroid dienone is 1. The third-order valence-electron chi connectivity index (χ3n) is 5.59. The molecule has 2 aromatic rings. The molecule has 0 saturated carbocycles. The molecular formula is C22H24N2O3. The molecule has 1 aromatic heterocycles. The molecule has 1 amide bonds. The van der Waals surface area contributed by atoms with Gasteiger partial charge in [-0.05, 0) is 55.2 Å². The van der Waals surface area contributed by atoms with Gasteiger partial charge in [0, 0.05) is 42.9 Å². The number of hydrogen-bond donors (Lipinski definition) is 0. The van der Waals surface area contributed by atoms with E-state index in [1.165, 1.54) is 0 Å². The summed E-state index contributed by atoms with van der Waals surface area (Å²) in [5.74, 6) is 1.30. The summed E-state index contributed by atoms with van der Waals surface area (Å²) in [6.45, 7) is 4.01. The van der Waals surface area contributed by atoms with Gasteiger partial charge >= 0.3 is 0 Å². The highest BCUT2D eigenvalue weighted by Crippen LogP contribution is 2.37. The van der Waals surface area contributed by atoms with Gasteiger partial charge in [0.25, 0.3) is 11.5 Å². The highest BCUT2D eigenvalue weighted by atomic mass is 16.5. The van der Waals surface area contributed by atoms with E-state index in [1.807, 2.05) is 52.8 Å². The van der Waals surface area contributed by atoms with Crippen molar-refractivity contribution in [3.8, 4) is 5.75 Å². The minimum absolute atomic E-state index is 0.0478. The molecule has 1 aromatic carbocycles. The summed E-state index contributed by atoms with van der Waals surface area (Å²) < 4.78 is 7.10. The summed E-state index contributed by atoms with van der Waals surface area (Å²) in [5.41, 5.74) is 2.89. The van der Waals surface area contributed by atoms with E-state index < -0.39 is 0 Å². The SMILES string of the molecule is C/C=C/c1ccc(=O)n2c1[C@@H]1C[C@@H](CN(C(=O)c3ccc(OC)cc3)C1)C2. The molecule has 2 aliphatic rings. The van der Waals surface area contributed by atoms with E-state index in [0.29, 0.717) is 31.1 Å². The summed E-state index contributed by atoms with van der Waals surface area (Å²) in [5, 5.41) is 0. The maximum Gasteiger partial charge on any atom is 0.253 e. The first-order valence-corrected chi connectivity index (χ1v) is 9.40. The molecule has 5 nitrogen and oxygen atoms in total. The number of methoxy groups -OCH3 is 1. The number of rotatable bonds is 3. The number of benzene rings is 1. The fourth-order valence-corrected chi connectivity index (χ4v) is 4.45. The second-order valence-electron chi connectivity index (χ2n) is 7.36. The molecule has 0 aliphatic carbocycles. The van der Waals surface area contributed by atoms with Gasteiger partial charge in [-0.15, -0.1) is 0 Å². The third kappa shape index (κ3) is 3.18. The molecule has 2 atom stereocenters. The highest BCUT2D eigenvalue weighted by Gasteiger charge is 2.37. The van der Waals surface area contributed by atoms with Crippen LogP contribution in [0, 0.1) is 5.92 Å². The second-order valence-corrected chi connectivity index (χ2v) is 7.36. The van der Waals surface area contributed by atoms with E-state index in [-0.39, 0.29) is 17.4 Å². The predicted molar refractivity (Wildman–Crippen MR) is 105 cm³/mol. The molecule has 2 aliphatic heterocycles. The fourth-order valence-electron chi connectivity index (χ4n) is 4.45. The Hall–Kier alpha value is -2.82. The number of amides is 1. The molecule has 0 N–H and O–H groups in total. The van der Waals surface area contributed by atoms with Crippen molar-refractivity contribution in [1.29, 1.82) is 0 Å². The standard InChI is InChI=1S/C22H24N2O3/c1-3-4-16-7-10-20(25)24-13-15-11-18(21(16)24)14-23(12-15)22(26)17-5-8-19(27-2)9-6-17/h3-10,15,18H,11-14H2,1-2H3/b4-3+/t15-,18+/m0/s1. The van der Waals surface area contributed by atoms with Crippen LogP contribution in [0.3, 0.4) is 0 Å². The molecule has 1 fully saturated rings. The Bertz CT molecular complexity index is 943. The van der Waals surface area contributed by atoms with Crippen molar-refractivity contribution in [2.24, 2.45) is 5.92 Å². The monoisotopic (exact) mass is 364 g/mol. The fraction of sp³-hybridized carbons (Fsp3) is 0.364. The second kappa shape index (κ2) is 7.06. The zero-order valence-electron chi connectivity index (χ0n) is 15.7. The molecule has 0 radical (unpaired) electrons. The lowest BCUT2D eigenvalue weighted by atomic mass is 9.81. The van der Waals surface area contributed by atoms with E-state index in [2.05, 4.69) is 6.08 Å². The molecule has 2 bridgehead atoms. The average Bonchev–Trinajstić information content (AvgIpc) is 2.69. The molecular weight excluding hydrogens is 340 g/mol. The Morgan fingerprint density at radius 2 is 1.89 bits per heavy atom. The van der Waals surface area contributed by atoms with Gasteiger partial charge in [0.05, 0.1) is 7.11 Å².